The summed E-state index contributed by atoms with van der Waals surface area (Å²) in [6, 6.07) is -0.624. The largest absolute Gasteiger partial charge is 0.466 e. The highest BCUT2D eigenvalue weighted by atomic mass is 16.5. The number of unbranched alkanes of at least 4 members (excludes halogenated alkanes) is 47. The van der Waals surface area contributed by atoms with Gasteiger partial charge in [-0.25, -0.2) is 0 Å². The van der Waals surface area contributed by atoms with E-state index in [9.17, 15) is 19.8 Å². The number of hydrogen-bond donors (Lipinski definition) is 3. The van der Waals surface area contributed by atoms with Gasteiger partial charge in [-0.15, -0.1) is 0 Å². The number of nitrogens with one attached hydrogen (secondary N) is 1. The third-order valence-electron chi connectivity index (χ3n) is 15.0. The van der Waals surface area contributed by atoms with E-state index in [0.29, 0.717) is 19.4 Å². The molecule has 0 saturated heterocycles. The van der Waals surface area contributed by atoms with Crippen LogP contribution in [-0.2, 0) is 14.3 Å². The fourth-order valence-electron chi connectivity index (χ4n) is 10.0. The van der Waals surface area contributed by atoms with E-state index in [1.54, 1.807) is 6.08 Å². The standard InChI is InChI=1S/C65H125NO5/c1-3-5-7-9-11-13-15-17-35-39-43-47-51-55-59-65(70)71-60-56-52-48-44-40-36-33-31-29-27-25-23-21-19-18-20-22-24-26-28-30-32-34-38-42-46-50-54-58-64(69)66-62(61-67)63(68)57-53-49-45-41-37-16-14-12-10-8-6-4-2/h15,17,53,57,62-63,67-68H,3-14,16,18-52,54-56,58-61H2,1-2H3,(H,66,69)/b17-15-,57-53+. The zero-order valence-corrected chi connectivity index (χ0v) is 48.0. The minimum atomic E-state index is -0.840. The first-order valence-corrected chi connectivity index (χ1v) is 32.1. The third-order valence-corrected chi connectivity index (χ3v) is 15.0. The van der Waals surface area contributed by atoms with E-state index in [4.69, 9.17) is 4.74 Å². The molecule has 2 unspecified atom stereocenters. The molecule has 3 N–H and O–H groups in total. The van der Waals surface area contributed by atoms with Gasteiger partial charge in [0.05, 0.1) is 25.4 Å². The molecule has 0 bridgehead atoms. The average molecular weight is 1000 g/mol. The zero-order valence-electron chi connectivity index (χ0n) is 48.0. The Morgan fingerprint density at radius 3 is 1.00 bits per heavy atom. The lowest BCUT2D eigenvalue weighted by atomic mass is 10.0. The van der Waals surface area contributed by atoms with Crippen LogP contribution >= 0.6 is 0 Å². The van der Waals surface area contributed by atoms with Gasteiger partial charge in [-0.2, -0.15) is 0 Å². The highest BCUT2D eigenvalue weighted by Gasteiger charge is 2.18. The van der Waals surface area contributed by atoms with Crippen LogP contribution in [0.3, 0.4) is 0 Å². The lowest BCUT2D eigenvalue weighted by Gasteiger charge is -2.20. The molecule has 0 spiro atoms. The summed E-state index contributed by atoms with van der Waals surface area (Å²) >= 11 is 0. The van der Waals surface area contributed by atoms with Crippen molar-refractivity contribution in [2.45, 2.75) is 366 Å². The van der Waals surface area contributed by atoms with Crippen LogP contribution < -0.4 is 5.32 Å². The van der Waals surface area contributed by atoms with Crippen LogP contribution in [0.1, 0.15) is 354 Å². The highest BCUT2D eigenvalue weighted by molar-refractivity contribution is 5.76. The summed E-state index contributed by atoms with van der Waals surface area (Å²) in [6.07, 6.45) is 75.2. The number of esters is 1. The van der Waals surface area contributed by atoms with E-state index in [0.717, 1.165) is 44.9 Å². The van der Waals surface area contributed by atoms with Crippen molar-refractivity contribution in [1.82, 2.24) is 5.32 Å². The van der Waals surface area contributed by atoms with Gasteiger partial charge >= 0.3 is 5.97 Å². The minimum Gasteiger partial charge on any atom is -0.466 e. The van der Waals surface area contributed by atoms with Crippen molar-refractivity contribution in [2.75, 3.05) is 13.2 Å². The topological polar surface area (TPSA) is 95.9 Å². The second kappa shape index (κ2) is 60.9. The van der Waals surface area contributed by atoms with Gasteiger partial charge in [0.2, 0.25) is 5.91 Å². The Kier molecular flexibility index (Phi) is 59.5. The van der Waals surface area contributed by atoms with E-state index >= 15 is 0 Å². The predicted molar refractivity (Wildman–Crippen MR) is 310 cm³/mol. The predicted octanol–water partition coefficient (Wildman–Crippen LogP) is 20.2. The molecule has 0 aliphatic heterocycles. The maximum atomic E-state index is 12.4. The van der Waals surface area contributed by atoms with Crippen molar-refractivity contribution in [3.8, 4) is 0 Å². The Labute approximate surface area is 443 Å². The van der Waals surface area contributed by atoms with Crippen LogP contribution in [0, 0.1) is 0 Å². The van der Waals surface area contributed by atoms with E-state index in [2.05, 4.69) is 31.3 Å². The summed E-state index contributed by atoms with van der Waals surface area (Å²) < 4.78 is 5.48. The average Bonchev–Trinajstić information content (AvgIpc) is 3.37. The Morgan fingerprint density at radius 1 is 0.380 bits per heavy atom. The number of rotatable bonds is 60. The number of aliphatic hydroxyl groups excluding tert-OH is 2. The molecule has 6 heteroatoms. The molecule has 0 rings (SSSR count). The number of amides is 1. The van der Waals surface area contributed by atoms with Crippen molar-refractivity contribution >= 4 is 11.9 Å². The fourth-order valence-corrected chi connectivity index (χ4v) is 10.0. The summed E-state index contributed by atoms with van der Waals surface area (Å²) in [6.45, 7) is 4.90. The van der Waals surface area contributed by atoms with Crippen LogP contribution in [0.5, 0.6) is 0 Å². The summed E-state index contributed by atoms with van der Waals surface area (Å²) in [5.74, 6) is -0.0542. The van der Waals surface area contributed by atoms with Gasteiger partial charge in [-0.05, 0) is 57.8 Å². The summed E-state index contributed by atoms with van der Waals surface area (Å²) in [4.78, 5) is 24.5. The first kappa shape index (κ1) is 69.3. The van der Waals surface area contributed by atoms with Crippen LogP contribution in [0.2, 0.25) is 0 Å². The van der Waals surface area contributed by atoms with Gasteiger partial charge in [0, 0.05) is 12.8 Å². The van der Waals surface area contributed by atoms with Gasteiger partial charge < -0.3 is 20.3 Å². The zero-order chi connectivity index (χ0) is 51.4. The van der Waals surface area contributed by atoms with Crippen molar-refractivity contribution in [1.29, 1.82) is 0 Å². The number of carbonyl (C=O) groups excluding carboxylic acids is 2. The van der Waals surface area contributed by atoms with Gasteiger partial charge in [0.1, 0.15) is 0 Å². The molecular weight excluding hydrogens is 875 g/mol. The van der Waals surface area contributed by atoms with Crippen molar-refractivity contribution < 1.29 is 24.5 Å². The van der Waals surface area contributed by atoms with E-state index in [1.165, 1.54) is 283 Å². The molecule has 71 heavy (non-hydrogen) atoms. The molecule has 6 nitrogen and oxygen atoms in total. The lowest BCUT2D eigenvalue weighted by Crippen LogP contribution is -2.45. The molecule has 0 fully saturated rings. The maximum Gasteiger partial charge on any atom is 0.305 e. The lowest BCUT2D eigenvalue weighted by molar-refractivity contribution is -0.143. The smallest absolute Gasteiger partial charge is 0.305 e. The maximum absolute atomic E-state index is 12.4. The minimum absolute atomic E-state index is 0.0101. The first-order valence-electron chi connectivity index (χ1n) is 32.1. The molecule has 0 aromatic rings. The van der Waals surface area contributed by atoms with Gasteiger partial charge in [-0.3, -0.25) is 9.59 Å². The molecule has 0 aliphatic rings. The van der Waals surface area contributed by atoms with Crippen molar-refractivity contribution in [3.05, 3.63) is 24.3 Å². The number of ether oxygens (including phenoxy) is 1. The fraction of sp³-hybridized carbons (Fsp3) is 0.908. The summed E-state index contributed by atoms with van der Waals surface area (Å²) in [7, 11) is 0. The van der Waals surface area contributed by atoms with Gasteiger partial charge in [-0.1, -0.05) is 308 Å². The Morgan fingerprint density at radius 2 is 0.662 bits per heavy atom. The molecule has 0 aromatic heterocycles. The molecule has 2 atom stereocenters. The molecule has 0 aliphatic carbocycles. The quantitative estimate of drug-likeness (QED) is 0.0320. The van der Waals surface area contributed by atoms with Crippen LogP contribution in [-0.4, -0.2) is 47.4 Å². The van der Waals surface area contributed by atoms with Crippen LogP contribution in [0.25, 0.3) is 0 Å². The first-order chi connectivity index (χ1) is 35.0. The molecule has 1 amide bonds. The monoisotopic (exact) mass is 1000 g/mol. The van der Waals surface area contributed by atoms with E-state index in [-0.39, 0.29) is 18.5 Å². The van der Waals surface area contributed by atoms with Crippen molar-refractivity contribution in [2.24, 2.45) is 0 Å². The normalized spacial score (nSPS) is 12.7. The molecule has 420 valence electrons. The summed E-state index contributed by atoms with van der Waals surface area (Å²) in [5.41, 5.74) is 0. The Bertz CT molecular complexity index is 1110. The van der Waals surface area contributed by atoms with Gasteiger partial charge in [0.25, 0.3) is 0 Å². The SMILES string of the molecule is CCCCCCC/C=C\CCCCCCCC(=O)OCCCCCCCCCCCCCCCCCCCCCCCCCCCCCCC(=O)NC(CO)C(O)/C=C/CCCCCCCCCCCC. The molecule has 0 saturated carbocycles. The van der Waals surface area contributed by atoms with E-state index in [1.807, 2.05) is 6.08 Å². The molecule has 0 heterocycles. The Hall–Kier alpha value is -1.66. The molecular formula is C65H125NO5. The van der Waals surface area contributed by atoms with Crippen LogP contribution in [0.4, 0.5) is 0 Å². The number of carbonyl (C=O) groups is 2. The Balaban J connectivity index is 3.34. The third kappa shape index (κ3) is 57.5. The second-order valence-electron chi connectivity index (χ2n) is 22.1. The number of aliphatic hydroxyl groups is 2. The van der Waals surface area contributed by atoms with E-state index < -0.39 is 12.1 Å². The number of allylic oxidation sites excluding steroid dienone is 3. The molecule has 0 aromatic carbocycles. The van der Waals surface area contributed by atoms with Crippen LogP contribution in [0.15, 0.2) is 24.3 Å². The summed E-state index contributed by atoms with van der Waals surface area (Å²) in [5, 5.41) is 23.1. The highest BCUT2D eigenvalue weighted by Crippen LogP contribution is 2.18. The second-order valence-corrected chi connectivity index (χ2v) is 22.1. The number of hydrogen-bond acceptors (Lipinski definition) is 5. The molecule has 0 radical (unpaired) electrons. The van der Waals surface area contributed by atoms with Gasteiger partial charge in [0.15, 0.2) is 0 Å². The van der Waals surface area contributed by atoms with Crippen molar-refractivity contribution in [3.63, 3.8) is 0 Å².